The first-order valence-corrected chi connectivity index (χ1v) is 9.41. The third-order valence-corrected chi connectivity index (χ3v) is 4.69. The van der Waals surface area contributed by atoms with E-state index in [-0.39, 0.29) is 30.9 Å². The van der Waals surface area contributed by atoms with Crippen LogP contribution in [-0.2, 0) is 9.53 Å². The van der Waals surface area contributed by atoms with Crippen LogP contribution in [0.3, 0.4) is 0 Å². The number of aryl methyl sites for hydroxylation is 1. The zero-order valence-corrected chi connectivity index (χ0v) is 17.4. The van der Waals surface area contributed by atoms with Crippen molar-refractivity contribution in [3.63, 3.8) is 0 Å². The van der Waals surface area contributed by atoms with Gasteiger partial charge in [0.2, 0.25) is 5.78 Å². The van der Waals surface area contributed by atoms with Crippen molar-refractivity contribution in [1.29, 1.82) is 0 Å². The van der Waals surface area contributed by atoms with Gasteiger partial charge in [0.1, 0.15) is 6.54 Å². The molecule has 1 aromatic carbocycles. The van der Waals surface area contributed by atoms with Gasteiger partial charge in [0.25, 0.3) is 5.91 Å². The highest BCUT2D eigenvalue weighted by molar-refractivity contribution is 9.10. The Morgan fingerprint density at radius 3 is 2.33 bits per heavy atom. The van der Waals surface area contributed by atoms with Crippen LogP contribution in [0.15, 0.2) is 34.8 Å². The summed E-state index contributed by atoms with van der Waals surface area (Å²) in [5.41, 5.74) is 2.82. The number of nitrogens with zero attached hydrogens (tertiary/aromatic N) is 1. The number of carbonyl (C=O) groups is 3. The van der Waals surface area contributed by atoms with Gasteiger partial charge in [-0.05, 0) is 58.0 Å². The SMILES string of the molecule is Cc1cc(C(=O)COC(=O)CNC(=O)c2ccc(Br)cc2)c(C)n1C(C)C. The largest absolute Gasteiger partial charge is 0.456 e. The van der Waals surface area contributed by atoms with Gasteiger partial charge < -0.3 is 14.6 Å². The lowest BCUT2D eigenvalue weighted by Crippen LogP contribution is -2.31. The second kappa shape index (κ2) is 8.99. The summed E-state index contributed by atoms with van der Waals surface area (Å²) in [6, 6.07) is 8.79. The predicted molar refractivity (Wildman–Crippen MR) is 106 cm³/mol. The lowest BCUT2D eigenvalue weighted by Gasteiger charge is -2.13. The van der Waals surface area contributed by atoms with E-state index in [2.05, 4.69) is 25.8 Å². The fourth-order valence-electron chi connectivity index (χ4n) is 2.98. The fourth-order valence-corrected chi connectivity index (χ4v) is 3.25. The normalized spacial score (nSPS) is 10.7. The number of carbonyl (C=O) groups excluding carboxylic acids is 3. The van der Waals surface area contributed by atoms with E-state index in [1.54, 1.807) is 30.3 Å². The van der Waals surface area contributed by atoms with E-state index in [1.165, 1.54) is 0 Å². The smallest absolute Gasteiger partial charge is 0.325 e. The Bertz CT molecular complexity index is 854. The van der Waals surface area contributed by atoms with Crippen molar-refractivity contribution in [2.75, 3.05) is 13.2 Å². The van der Waals surface area contributed by atoms with Gasteiger partial charge in [-0.3, -0.25) is 14.4 Å². The zero-order valence-electron chi connectivity index (χ0n) is 15.8. The van der Waals surface area contributed by atoms with Crippen LogP contribution in [0.25, 0.3) is 0 Å². The third-order valence-electron chi connectivity index (χ3n) is 4.17. The fraction of sp³-hybridized carbons (Fsp3) is 0.350. The van der Waals surface area contributed by atoms with Gasteiger partial charge in [0.15, 0.2) is 6.61 Å². The number of nitrogens with one attached hydrogen (secondary N) is 1. The number of Topliss-reactive ketones (excluding diaryl/α,β-unsaturated/α-hetero) is 1. The van der Waals surface area contributed by atoms with Crippen molar-refractivity contribution in [2.24, 2.45) is 0 Å². The number of ketones is 1. The van der Waals surface area contributed by atoms with Crippen molar-refractivity contribution in [1.82, 2.24) is 9.88 Å². The molecule has 7 heteroatoms. The minimum atomic E-state index is -0.661. The van der Waals surface area contributed by atoms with E-state index in [0.717, 1.165) is 15.9 Å². The zero-order chi connectivity index (χ0) is 20.1. The summed E-state index contributed by atoms with van der Waals surface area (Å²) < 4.78 is 7.93. The summed E-state index contributed by atoms with van der Waals surface area (Å²) in [5, 5.41) is 2.48. The molecule has 27 heavy (non-hydrogen) atoms. The number of amides is 1. The van der Waals surface area contributed by atoms with E-state index in [9.17, 15) is 14.4 Å². The highest BCUT2D eigenvalue weighted by Gasteiger charge is 2.18. The molecule has 1 heterocycles. The summed E-state index contributed by atoms with van der Waals surface area (Å²) in [4.78, 5) is 36.2. The Hall–Kier alpha value is -2.41. The number of benzene rings is 1. The molecule has 6 nitrogen and oxygen atoms in total. The van der Waals surface area contributed by atoms with Crippen molar-refractivity contribution in [2.45, 2.75) is 33.7 Å². The maximum absolute atomic E-state index is 12.4. The van der Waals surface area contributed by atoms with Gasteiger partial charge in [-0.1, -0.05) is 15.9 Å². The molecule has 1 N–H and O–H groups in total. The second-order valence-electron chi connectivity index (χ2n) is 6.52. The minimum absolute atomic E-state index is 0.239. The van der Waals surface area contributed by atoms with Crippen LogP contribution in [-0.4, -0.2) is 35.4 Å². The average Bonchev–Trinajstić information content (AvgIpc) is 2.92. The summed E-state index contributed by atoms with van der Waals surface area (Å²) in [5.74, 6) is -1.31. The highest BCUT2D eigenvalue weighted by atomic mass is 79.9. The van der Waals surface area contributed by atoms with Gasteiger partial charge in [0.05, 0.1) is 0 Å². The summed E-state index contributed by atoms with van der Waals surface area (Å²) >= 11 is 3.29. The average molecular weight is 435 g/mol. The molecule has 0 saturated carbocycles. The Morgan fingerprint density at radius 1 is 1.15 bits per heavy atom. The molecule has 0 saturated heterocycles. The van der Waals surface area contributed by atoms with Crippen LogP contribution in [0, 0.1) is 13.8 Å². The number of ether oxygens (including phenoxy) is 1. The molecule has 0 aliphatic rings. The first kappa shape index (κ1) is 20.9. The molecule has 1 aromatic heterocycles. The Balaban J connectivity index is 1.86. The van der Waals surface area contributed by atoms with E-state index in [0.29, 0.717) is 11.1 Å². The standard InChI is InChI=1S/C20H23BrN2O4/c1-12(2)23-13(3)9-17(14(23)4)18(24)11-27-19(25)10-22-20(26)15-5-7-16(21)8-6-15/h5-9,12H,10-11H2,1-4H3,(H,22,26). The van der Waals surface area contributed by atoms with Crippen molar-refractivity contribution in [3.8, 4) is 0 Å². The number of hydrogen-bond donors (Lipinski definition) is 1. The van der Waals surface area contributed by atoms with E-state index < -0.39 is 5.97 Å². The molecule has 0 atom stereocenters. The summed E-state index contributed by atoms with van der Waals surface area (Å²) in [6.07, 6.45) is 0. The first-order chi connectivity index (χ1) is 12.7. The van der Waals surface area contributed by atoms with E-state index >= 15 is 0 Å². The van der Waals surface area contributed by atoms with Crippen LogP contribution in [0.4, 0.5) is 0 Å². The predicted octanol–water partition coefficient (Wildman–Crippen LogP) is 3.60. The topological polar surface area (TPSA) is 77.4 Å². The summed E-state index contributed by atoms with van der Waals surface area (Å²) in [7, 11) is 0. The molecule has 0 bridgehead atoms. The first-order valence-electron chi connectivity index (χ1n) is 8.61. The number of esters is 1. The number of rotatable bonds is 7. The molecule has 144 valence electrons. The second-order valence-corrected chi connectivity index (χ2v) is 7.44. The molecule has 2 rings (SSSR count). The number of hydrogen-bond acceptors (Lipinski definition) is 4. The Kier molecular flexibility index (Phi) is 6.96. The highest BCUT2D eigenvalue weighted by Crippen LogP contribution is 2.20. The monoisotopic (exact) mass is 434 g/mol. The van der Waals surface area contributed by atoms with Crippen molar-refractivity contribution < 1.29 is 19.1 Å². The van der Waals surface area contributed by atoms with Crippen LogP contribution in [0.1, 0.15) is 52.0 Å². The van der Waals surface area contributed by atoms with E-state index in [4.69, 9.17) is 4.74 Å². The minimum Gasteiger partial charge on any atom is -0.456 e. The number of aromatic nitrogens is 1. The Morgan fingerprint density at radius 2 is 1.78 bits per heavy atom. The molecule has 0 spiro atoms. The molecular formula is C20H23BrN2O4. The number of halogens is 1. The molecule has 0 aliphatic heterocycles. The molecule has 0 unspecified atom stereocenters. The van der Waals surface area contributed by atoms with Crippen LogP contribution in [0.5, 0.6) is 0 Å². The molecular weight excluding hydrogens is 412 g/mol. The van der Waals surface area contributed by atoms with E-state index in [1.807, 2.05) is 27.7 Å². The van der Waals surface area contributed by atoms with Gasteiger partial charge in [-0.15, -0.1) is 0 Å². The van der Waals surface area contributed by atoms with Gasteiger partial charge in [-0.25, -0.2) is 0 Å². The van der Waals surface area contributed by atoms with Crippen LogP contribution >= 0.6 is 15.9 Å². The lowest BCUT2D eigenvalue weighted by molar-refractivity contribution is -0.141. The third kappa shape index (κ3) is 5.29. The molecule has 0 radical (unpaired) electrons. The van der Waals surface area contributed by atoms with Crippen LogP contribution < -0.4 is 5.32 Å². The molecule has 1 amide bonds. The summed E-state index contributed by atoms with van der Waals surface area (Å²) in [6.45, 7) is 7.25. The quantitative estimate of drug-likeness (QED) is 0.533. The van der Waals surface area contributed by atoms with Crippen LogP contribution in [0.2, 0.25) is 0 Å². The Labute approximate surface area is 167 Å². The molecule has 0 fully saturated rings. The van der Waals surface area contributed by atoms with Gasteiger partial charge in [0, 0.05) is 33.0 Å². The lowest BCUT2D eigenvalue weighted by atomic mass is 10.1. The van der Waals surface area contributed by atoms with Gasteiger partial charge >= 0.3 is 5.97 Å². The molecule has 0 aliphatic carbocycles. The van der Waals surface area contributed by atoms with Crippen molar-refractivity contribution >= 4 is 33.6 Å². The maximum Gasteiger partial charge on any atom is 0.325 e. The van der Waals surface area contributed by atoms with Crippen molar-refractivity contribution in [3.05, 3.63) is 57.3 Å². The molecule has 2 aromatic rings. The van der Waals surface area contributed by atoms with Gasteiger partial charge in [-0.2, -0.15) is 0 Å². The maximum atomic E-state index is 12.4.